The van der Waals surface area contributed by atoms with Crippen LogP contribution in [0.4, 0.5) is 5.69 Å². The van der Waals surface area contributed by atoms with Crippen LogP contribution < -0.4 is 10.7 Å². The number of esters is 1. The molecule has 1 aromatic carbocycles. The second-order valence-corrected chi connectivity index (χ2v) is 3.94. The number of thiocarbonyl (C=S) groups is 1. The number of benzene rings is 1. The average molecular weight is 265 g/mol. The van der Waals surface area contributed by atoms with Crippen LogP contribution in [0.15, 0.2) is 35.4 Å². The fourth-order valence-corrected chi connectivity index (χ4v) is 1.31. The molecule has 0 aliphatic rings. The van der Waals surface area contributed by atoms with Crippen molar-refractivity contribution in [2.45, 2.75) is 13.3 Å². The van der Waals surface area contributed by atoms with E-state index in [1.54, 1.807) is 6.92 Å². The summed E-state index contributed by atoms with van der Waals surface area (Å²) >= 11 is 5.05. The van der Waals surface area contributed by atoms with Gasteiger partial charge in [-0.15, -0.1) is 0 Å². The Labute approximate surface area is 111 Å². The lowest BCUT2D eigenvalue weighted by molar-refractivity contribution is -0.139. The summed E-state index contributed by atoms with van der Waals surface area (Å²) in [6.07, 6.45) is 0.136. The third kappa shape index (κ3) is 5.40. The largest absolute Gasteiger partial charge is 0.469 e. The first-order valence-electron chi connectivity index (χ1n) is 5.34. The minimum atomic E-state index is -0.333. The zero-order valence-corrected chi connectivity index (χ0v) is 11.1. The Morgan fingerprint density at radius 2 is 2.06 bits per heavy atom. The van der Waals surface area contributed by atoms with Crippen molar-refractivity contribution in [3.63, 3.8) is 0 Å². The van der Waals surface area contributed by atoms with Crippen molar-refractivity contribution in [3.8, 4) is 0 Å². The van der Waals surface area contributed by atoms with Gasteiger partial charge in [0.2, 0.25) is 0 Å². The first kappa shape index (κ1) is 14.1. The highest BCUT2D eigenvalue weighted by Crippen LogP contribution is 2.04. The van der Waals surface area contributed by atoms with E-state index in [-0.39, 0.29) is 12.4 Å². The molecule has 6 heteroatoms. The molecule has 0 fully saturated rings. The predicted molar refractivity (Wildman–Crippen MR) is 75.5 cm³/mol. The number of nitrogens with zero attached hydrogens (tertiary/aromatic N) is 1. The molecular formula is C12H15N3O2S. The monoisotopic (exact) mass is 265 g/mol. The maximum Gasteiger partial charge on any atom is 0.311 e. The number of rotatable bonds is 4. The van der Waals surface area contributed by atoms with Gasteiger partial charge in [-0.1, -0.05) is 18.2 Å². The van der Waals surface area contributed by atoms with Gasteiger partial charge in [0, 0.05) is 11.4 Å². The molecule has 0 aromatic heterocycles. The van der Waals surface area contributed by atoms with Crippen LogP contribution in [0, 0.1) is 0 Å². The van der Waals surface area contributed by atoms with E-state index in [0.29, 0.717) is 10.8 Å². The highest BCUT2D eigenvalue weighted by molar-refractivity contribution is 7.80. The molecule has 0 heterocycles. The van der Waals surface area contributed by atoms with Gasteiger partial charge in [-0.2, -0.15) is 5.10 Å². The van der Waals surface area contributed by atoms with Crippen LogP contribution in [0.25, 0.3) is 0 Å². The van der Waals surface area contributed by atoms with Crippen molar-refractivity contribution in [1.29, 1.82) is 0 Å². The maximum absolute atomic E-state index is 11.0. The SMILES string of the molecule is COC(=O)C/C(C)=N/NC(=S)Nc1ccccc1. The number of nitrogens with one attached hydrogen (secondary N) is 2. The van der Waals surface area contributed by atoms with Gasteiger partial charge in [-0.25, -0.2) is 0 Å². The number of methoxy groups -OCH3 is 1. The molecule has 0 saturated heterocycles. The average Bonchev–Trinajstić information content (AvgIpc) is 2.37. The first-order chi connectivity index (χ1) is 8.61. The second kappa shape index (κ2) is 7.39. The summed E-state index contributed by atoms with van der Waals surface area (Å²) in [6, 6.07) is 9.49. The van der Waals surface area contributed by atoms with Crippen LogP contribution in [0.1, 0.15) is 13.3 Å². The molecule has 5 nitrogen and oxygen atoms in total. The van der Waals surface area contributed by atoms with Crippen LogP contribution in [0.5, 0.6) is 0 Å². The summed E-state index contributed by atoms with van der Waals surface area (Å²) in [5, 5.41) is 7.30. The number of ether oxygens (including phenoxy) is 1. The van der Waals surface area contributed by atoms with Crippen molar-refractivity contribution in [1.82, 2.24) is 5.43 Å². The van der Waals surface area contributed by atoms with Crippen LogP contribution in [-0.4, -0.2) is 23.9 Å². The molecule has 0 spiro atoms. The van der Waals surface area contributed by atoms with Gasteiger partial charge in [-0.3, -0.25) is 10.2 Å². The smallest absolute Gasteiger partial charge is 0.311 e. The summed E-state index contributed by atoms with van der Waals surface area (Å²) in [5.41, 5.74) is 4.13. The highest BCUT2D eigenvalue weighted by atomic mass is 32.1. The Morgan fingerprint density at radius 3 is 2.67 bits per heavy atom. The van der Waals surface area contributed by atoms with Gasteiger partial charge in [0.15, 0.2) is 5.11 Å². The lowest BCUT2D eigenvalue weighted by Crippen LogP contribution is -2.25. The van der Waals surface area contributed by atoms with Crippen LogP contribution in [-0.2, 0) is 9.53 Å². The summed E-state index contributed by atoms with van der Waals surface area (Å²) < 4.78 is 4.53. The topological polar surface area (TPSA) is 62.7 Å². The van der Waals surface area contributed by atoms with Gasteiger partial charge in [0.05, 0.1) is 13.5 Å². The lowest BCUT2D eigenvalue weighted by atomic mass is 10.3. The molecule has 0 amide bonds. The molecule has 0 aliphatic carbocycles. The van der Waals surface area contributed by atoms with Crippen molar-refractivity contribution < 1.29 is 9.53 Å². The number of anilines is 1. The van der Waals surface area contributed by atoms with Crippen molar-refractivity contribution in [2.75, 3.05) is 12.4 Å². The minimum Gasteiger partial charge on any atom is -0.469 e. The van der Waals surface area contributed by atoms with Gasteiger partial charge >= 0.3 is 5.97 Å². The first-order valence-corrected chi connectivity index (χ1v) is 5.74. The molecule has 0 unspecified atom stereocenters. The van der Waals surface area contributed by atoms with Gasteiger partial charge in [0.1, 0.15) is 0 Å². The fourth-order valence-electron chi connectivity index (χ4n) is 1.15. The van der Waals surface area contributed by atoms with E-state index in [1.807, 2.05) is 30.3 Å². The normalized spacial score (nSPS) is 10.7. The Balaban J connectivity index is 2.41. The zero-order valence-electron chi connectivity index (χ0n) is 10.3. The second-order valence-electron chi connectivity index (χ2n) is 3.53. The van der Waals surface area contributed by atoms with Crippen LogP contribution in [0.2, 0.25) is 0 Å². The van der Waals surface area contributed by atoms with Gasteiger partial charge in [0.25, 0.3) is 0 Å². The molecule has 0 bridgehead atoms. The summed E-state index contributed by atoms with van der Waals surface area (Å²) in [7, 11) is 1.34. The molecule has 18 heavy (non-hydrogen) atoms. The highest BCUT2D eigenvalue weighted by Gasteiger charge is 2.02. The Kier molecular flexibility index (Phi) is 5.79. The molecule has 1 aromatic rings. The van der Waals surface area contributed by atoms with E-state index < -0.39 is 0 Å². The van der Waals surface area contributed by atoms with Crippen molar-refractivity contribution in [2.24, 2.45) is 5.10 Å². The van der Waals surface area contributed by atoms with Crippen LogP contribution >= 0.6 is 12.2 Å². The van der Waals surface area contributed by atoms with E-state index in [1.165, 1.54) is 7.11 Å². The lowest BCUT2D eigenvalue weighted by Gasteiger charge is -2.07. The van der Waals surface area contributed by atoms with E-state index >= 15 is 0 Å². The number of hydrazone groups is 1. The van der Waals surface area contributed by atoms with Crippen molar-refractivity contribution in [3.05, 3.63) is 30.3 Å². The molecule has 1 rings (SSSR count). The van der Waals surface area contributed by atoms with Crippen molar-refractivity contribution >= 4 is 34.7 Å². The standard InChI is InChI=1S/C12H15N3O2S/c1-9(8-11(16)17-2)14-15-12(18)13-10-6-4-3-5-7-10/h3-7H,8H2,1-2H3,(H2,13,15,18)/b14-9+. The summed E-state index contributed by atoms with van der Waals surface area (Å²) in [5.74, 6) is -0.333. The number of carbonyl (C=O) groups excluding carboxylic acids is 1. The van der Waals surface area contributed by atoms with E-state index in [2.05, 4.69) is 20.6 Å². The van der Waals surface area contributed by atoms with Gasteiger partial charge < -0.3 is 10.1 Å². The third-order valence-electron chi connectivity index (χ3n) is 2.01. The van der Waals surface area contributed by atoms with E-state index in [0.717, 1.165) is 5.69 Å². The summed E-state index contributed by atoms with van der Waals surface area (Å²) in [6.45, 7) is 1.72. The number of hydrogen-bond acceptors (Lipinski definition) is 4. The quantitative estimate of drug-likeness (QED) is 0.377. The van der Waals surface area contributed by atoms with E-state index in [9.17, 15) is 4.79 Å². The third-order valence-corrected chi connectivity index (χ3v) is 2.20. The molecule has 0 saturated carbocycles. The predicted octanol–water partition coefficient (Wildman–Crippen LogP) is 1.91. The molecule has 0 radical (unpaired) electrons. The molecule has 96 valence electrons. The number of hydrogen-bond donors (Lipinski definition) is 2. The Hall–Kier alpha value is -1.95. The number of carbonyl (C=O) groups is 1. The Bertz CT molecular complexity index is 446. The zero-order chi connectivity index (χ0) is 13.4. The minimum absolute atomic E-state index is 0.136. The molecule has 0 aliphatic heterocycles. The molecule has 0 atom stereocenters. The maximum atomic E-state index is 11.0. The number of para-hydroxylation sites is 1. The fraction of sp³-hybridized carbons (Fsp3) is 0.250. The van der Waals surface area contributed by atoms with E-state index in [4.69, 9.17) is 12.2 Å². The van der Waals surface area contributed by atoms with Gasteiger partial charge in [-0.05, 0) is 31.3 Å². The molecular weight excluding hydrogens is 250 g/mol. The molecule has 2 N–H and O–H groups in total. The Morgan fingerprint density at radius 1 is 1.39 bits per heavy atom. The summed E-state index contributed by atoms with van der Waals surface area (Å²) in [4.78, 5) is 11.0. The van der Waals surface area contributed by atoms with Crippen LogP contribution in [0.3, 0.4) is 0 Å².